The predicted molar refractivity (Wildman–Crippen MR) is 118 cm³/mol. The van der Waals surface area contributed by atoms with Gasteiger partial charge in [-0.2, -0.15) is 0 Å². The molecular weight excluding hydrogens is 392 g/mol. The number of benzene rings is 2. The topological polar surface area (TPSA) is 60.9 Å². The molecular formula is C25H26N2O4. The minimum absolute atomic E-state index is 0.245. The van der Waals surface area contributed by atoms with Gasteiger partial charge in [-0.1, -0.05) is 24.3 Å². The fraction of sp³-hybridized carbons (Fsp3) is 0.360. The monoisotopic (exact) mass is 418 g/mol. The van der Waals surface area contributed by atoms with Crippen LogP contribution in [-0.4, -0.2) is 42.7 Å². The molecule has 3 heterocycles. The van der Waals surface area contributed by atoms with Crippen molar-refractivity contribution in [2.24, 2.45) is 0 Å². The summed E-state index contributed by atoms with van der Waals surface area (Å²) in [5.41, 5.74) is 4.38. The van der Waals surface area contributed by atoms with Crippen LogP contribution in [0.2, 0.25) is 0 Å². The first-order valence-electron chi connectivity index (χ1n) is 10.8. The zero-order valence-corrected chi connectivity index (χ0v) is 17.9. The summed E-state index contributed by atoms with van der Waals surface area (Å²) >= 11 is 0. The molecule has 5 rings (SSSR count). The number of para-hydroxylation sites is 1. The van der Waals surface area contributed by atoms with Crippen LogP contribution < -0.4 is 9.47 Å². The van der Waals surface area contributed by atoms with Gasteiger partial charge in [-0.05, 0) is 55.6 Å². The lowest BCUT2D eigenvalue weighted by Gasteiger charge is -2.27. The number of hydrogen-bond acceptors (Lipinski definition) is 6. The Labute approximate surface area is 181 Å². The lowest BCUT2D eigenvalue weighted by molar-refractivity contribution is 0.0596. The number of fused-ring (bicyclic) bond motifs is 2. The maximum atomic E-state index is 12.7. The molecule has 31 heavy (non-hydrogen) atoms. The minimum atomic E-state index is -0.333. The van der Waals surface area contributed by atoms with Crippen molar-refractivity contribution in [3.63, 3.8) is 0 Å². The van der Waals surface area contributed by atoms with E-state index in [1.165, 1.54) is 12.7 Å². The normalized spacial score (nSPS) is 18.3. The molecule has 0 unspecified atom stereocenters. The Morgan fingerprint density at radius 2 is 1.97 bits per heavy atom. The van der Waals surface area contributed by atoms with Gasteiger partial charge in [0.25, 0.3) is 0 Å². The summed E-state index contributed by atoms with van der Waals surface area (Å²) in [6.07, 6.45) is 2.15. The molecule has 0 spiro atoms. The molecule has 0 aliphatic carbocycles. The van der Waals surface area contributed by atoms with Crippen LogP contribution in [0, 0.1) is 6.92 Å². The summed E-state index contributed by atoms with van der Waals surface area (Å²) in [6, 6.07) is 14.4. The van der Waals surface area contributed by atoms with Gasteiger partial charge in [0.05, 0.1) is 23.9 Å². The molecule has 1 saturated heterocycles. The number of likely N-dealkylation sites (tertiary alicyclic amines) is 1. The largest absolute Gasteiger partial charge is 0.486 e. The number of ether oxygens (including phenoxy) is 3. The quantitative estimate of drug-likeness (QED) is 0.584. The van der Waals surface area contributed by atoms with Crippen LogP contribution in [0.3, 0.4) is 0 Å². The molecule has 6 heteroatoms. The van der Waals surface area contributed by atoms with E-state index in [1.54, 1.807) is 0 Å². The van der Waals surface area contributed by atoms with E-state index in [4.69, 9.17) is 19.2 Å². The second-order valence-corrected chi connectivity index (χ2v) is 8.10. The molecule has 1 aromatic heterocycles. The fourth-order valence-electron chi connectivity index (χ4n) is 4.78. The van der Waals surface area contributed by atoms with E-state index < -0.39 is 0 Å². The smallest absolute Gasteiger partial charge is 0.340 e. The first kappa shape index (κ1) is 19.8. The third-order valence-corrected chi connectivity index (χ3v) is 6.28. The van der Waals surface area contributed by atoms with Crippen molar-refractivity contribution in [3.05, 3.63) is 64.8 Å². The second-order valence-electron chi connectivity index (χ2n) is 8.10. The highest BCUT2D eigenvalue weighted by atomic mass is 16.6. The molecule has 2 aliphatic heterocycles. The van der Waals surface area contributed by atoms with Crippen LogP contribution in [0.4, 0.5) is 0 Å². The molecule has 6 nitrogen and oxygen atoms in total. The molecule has 0 bridgehead atoms. The number of hydrogen-bond donors (Lipinski definition) is 0. The van der Waals surface area contributed by atoms with Gasteiger partial charge in [-0.3, -0.25) is 9.88 Å². The lowest BCUT2D eigenvalue weighted by atomic mass is 10.00. The Morgan fingerprint density at radius 1 is 1.16 bits per heavy atom. The number of carbonyl (C=O) groups excluding carboxylic acids is 1. The molecule has 0 N–H and O–H groups in total. The maximum absolute atomic E-state index is 12.7. The van der Waals surface area contributed by atoms with Gasteiger partial charge >= 0.3 is 5.97 Å². The van der Waals surface area contributed by atoms with E-state index in [-0.39, 0.29) is 12.0 Å². The standard InChI is InChI=1S/C25H26N2O4/c1-16-18-6-3-4-7-19(18)26-20(24(16)25(28)29-2)15-27-11-5-8-21(27)17-9-10-22-23(14-17)31-13-12-30-22/h3-4,6-7,9-10,14,21H,5,8,11-13,15H2,1-2H3/t21-/m0/s1. The summed E-state index contributed by atoms with van der Waals surface area (Å²) in [5, 5.41) is 0.983. The Kier molecular flexibility index (Phi) is 5.24. The van der Waals surface area contributed by atoms with Gasteiger partial charge in [-0.15, -0.1) is 0 Å². The Bertz CT molecular complexity index is 1140. The number of carbonyl (C=O) groups is 1. The van der Waals surface area contributed by atoms with E-state index in [0.717, 1.165) is 53.0 Å². The minimum Gasteiger partial charge on any atom is -0.486 e. The van der Waals surface area contributed by atoms with Crippen molar-refractivity contribution in [2.45, 2.75) is 32.4 Å². The number of methoxy groups -OCH3 is 1. The van der Waals surface area contributed by atoms with Gasteiger partial charge < -0.3 is 14.2 Å². The van der Waals surface area contributed by atoms with E-state index >= 15 is 0 Å². The molecule has 1 atom stereocenters. The summed E-state index contributed by atoms with van der Waals surface area (Å²) in [4.78, 5) is 20.0. The van der Waals surface area contributed by atoms with Crippen LogP contribution in [-0.2, 0) is 11.3 Å². The first-order valence-corrected chi connectivity index (χ1v) is 10.8. The first-order chi connectivity index (χ1) is 15.2. The zero-order chi connectivity index (χ0) is 21.4. The summed E-state index contributed by atoms with van der Waals surface area (Å²) in [6.45, 7) is 4.68. The zero-order valence-electron chi connectivity index (χ0n) is 17.9. The predicted octanol–water partition coefficient (Wildman–Crippen LogP) is 4.44. The molecule has 0 radical (unpaired) electrons. The number of rotatable bonds is 4. The highest BCUT2D eigenvalue weighted by Gasteiger charge is 2.30. The van der Waals surface area contributed by atoms with E-state index in [2.05, 4.69) is 17.0 Å². The maximum Gasteiger partial charge on any atom is 0.340 e. The molecule has 2 aromatic carbocycles. The summed E-state index contributed by atoms with van der Waals surface area (Å²) in [5.74, 6) is 1.28. The van der Waals surface area contributed by atoms with Gasteiger partial charge in [0.15, 0.2) is 11.5 Å². The van der Waals surface area contributed by atoms with Gasteiger partial charge in [0.1, 0.15) is 13.2 Å². The number of aryl methyl sites for hydroxylation is 1. The third kappa shape index (κ3) is 3.61. The Morgan fingerprint density at radius 3 is 2.81 bits per heavy atom. The molecule has 0 amide bonds. The average molecular weight is 418 g/mol. The highest BCUT2D eigenvalue weighted by Crippen LogP contribution is 2.39. The number of aromatic nitrogens is 1. The van der Waals surface area contributed by atoms with Gasteiger partial charge in [-0.25, -0.2) is 4.79 Å². The van der Waals surface area contributed by atoms with Gasteiger partial charge in [0, 0.05) is 18.0 Å². The average Bonchev–Trinajstić information content (AvgIpc) is 3.26. The van der Waals surface area contributed by atoms with E-state index in [9.17, 15) is 4.79 Å². The fourth-order valence-corrected chi connectivity index (χ4v) is 4.78. The molecule has 2 aliphatic rings. The van der Waals surface area contributed by atoms with Crippen LogP contribution in [0.25, 0.3) is 10.9 Å². The van der Waals surface area contributed by atoms with Crippen LogP contribution in [0.5, 0.6) is 11.5 Å². The highest BCUT2D eigenvalue weighted by molar-refractivity contribution is 5.98. The summed E-state index contributed by atoms with van der Waals surface area (Å²) in [7, 11) is 1.43. The number of esters is 1. The van der Waals surface area contributed by atoms with Crippen molar-refractivity contribution in [2.75, 3.05) is 26.9 Å². The molecule has 3 aromatic rings. The SMILES string of the molecule is COC(=O)c1c(CN2CCC[C@H]2c2ccc3c(c2)OCCO3)nc2ccccc2c1C. The van der Waals surface area contributed by atoms with Crippen LogP contribution in [0.1, 0.15) is 46.1 Å². The van der Waals surface area contributed by atoms with Crippen LogP contribution in [0.15, 0.2) is 42.5 Å². The molecule has 160 valence electrons. The van der Waals surface area contributed by atoms with E-state index in [0.29, 0.717) is 25.3 Å². The number of pyridine rings is 1. The van der Waals surface area contributed by atoms with Gasteiger partial charge in [0.2, 0.25) is 0 Å². The molecule has 1 fully saturated rings. The summed E-state index contributed by atoms with van der Waals surface area (Å²) < 4.78 is 16.6. The molecule has 0 saturated carbocycles. The van der Waals surface area contributed by atoms with Crippen molar-refractivity contribution >= 4 is 16.9 Å². The lowest BCUT2D eigenvalue weighted by Crippen LogP contribution is -2.25. The van der Waals surface area contributed by atoms with Crippen LogP contribution >= 0.6 is 0 Å². The van der Waals surface area contributed by atoms with Crippen molar-refractivity contribution in [1.29, 1.82) is 0 Å². The second kappa shape index (κ2) is 8.19. The third-order valence-electron chi connectivity index (χ3n) is 6.28. The van der Waals surface area contributed by atoms with Crippen molar-refractivity contribution < 1.29 is 19.0 Å². The number of nitrogens with zero attached hydrogens (tertiary/aromatic N) is 2. The Balaban J connectivity index is 1.50. The van der Waals surface area contributed by atoms with Crippen molar-refractivity contribution in [1.82, 2.24) is 9.88 Å². The van der Waals surface area contributed by atoms with Crippen molar-refractivity contribution in [3.8, 4) is 11.5 Å². The van der Waals surface area contributed by atoms with E-state index in [1.807, 2.05) is 37.3 Å². The Hall–Kier alpha value is -3.12.